The molecule has 0 saturated heterocycles. The van der Waals surface area contributed by atoms with Crippen LogP contribution in [0.1, 0.15) is 30.7 Å². The van der Waals surface area contributed by atoms with Crippen LogP contribution in [0.25, 0.3) is 10.2 Å². The number of H-pyrrole nitrogens is 1. The van der Waals surface area contributed by atoms with Crippen molar-refractivity contribution in [2.45, 2.75) is 40.2 Å². The van der Waals surface area contributed by atoms with Gasteiger partial charge in [-0.05, 0) is 25.8 Å². The molecule has 0 aliphatic carbocycles. The first kappa shape index (κ1) is 13.7. The topological polar surface area (TPSA) is 71.9 Å². The SMILES string of the molecule is CCc1c(C)sc2[nH]c(=O)n(CCC(C)=O)c(=O)c12. The Labute approximate surface area is 113 Å². The molecule has 0 bridgehead atoms. The summed E-state index contributed by atoms with van der Waals surface area (Å²) in [4.78, 5) is 39.7. The van der Waals surface area contributed by atoms with Gasteiger partial charge in [-0.2, -0.15) is 0 Å². The maximum atomic E-state index is 12.4. The molecule has 0 radical (unpaired) electrons. The second kappa shape index (κ2) is 5.13. The van der Waals surface area contributed by atoms with Crippen LogP contribution in [-0.4, -0.2) is 15.3 Å². The van der Waals surface area contributed by atoms with E-state index in [2.05, 4.69) is 4.98 Å². The van der Waals surface area contributed by atoms with Crippen LogP contribution in [0.2, 0.25) is 0 Å². The largest absolute Gasteiger partial charge is 0.329 e. The number of carbonyl (C=O) groups excluding carboxylic acids is 1. The number of ketones is 1. The number of nitrogens with one attached hydrogen (secondary N) is 1. The van der Waals surface area contributed by atoms with E-state index in [-0.39, 0.29) is 24.3 Å². The molecular formula is C13H16N2O3S. The average Bonchev–Trinajstić information content (AvgIpc) is 2.64. The van der Waals surface area contributed by atoms with E-state index in [9.17, 15) is 14.4 Å². The normalized spacial score (nSPS) is 11.1. The lowest BCUT2D eigenvalue weighted by atomic mass is 10.1. The van der Waals surface area contributed by atoms with Gasteiger partial charge in [0.25, 0.3) is 5.56 Å². The van der Waals surface area contributed by atoms with Crippen LogP contribution in [0.4, 0.5) is 0 Å². The summed E-state index contributed by atoms with van der Waals surface area (Å²) < 4.78 is 1.12. The van der Waals surface area contributed by atoms with Gasteiger partial charge in [0, 0.05) is 17.8 Å². The summed E-state index contributed by atoms with van der Waals surface area (Å²) in [7, 11) is 0. The molecule has 0 fully saturated rings. The first-order valence-electron chi connectivity index (χ1n) is 6.20. The smallest absolute Gasteiger partial charge is 0.300 e. The summed E-state index contributed by atoms with van der Waals surface area (Å²) in [5.41, 5.74) is 0.252. The molecule has 0 aromatic carbocycles. The molecule has 2 aromatic heterocycles. The van der Waals surface area contributed by atoms with Gasteiger partial charge in [0.2, 0.25) is 0 Å². The fraction of sp³-hybridized carbons (Fsp3) is 0.462. The lowest BCUT2D eigenvalue weighted by molar-refractivity contribution is -0.117. The monoisotopic (exact) mass is 280 g/mol. The summed E-state index contributed by atoms with van der Waals surface area (Å²) in [6, 6.07) is 0. The number of Topliss-reactive ketones (excluding diaryl/α,β-unsaturated/α-hetero) is 1. The molecule has 5 nitrogen and oxygen atoms in total. The van der Waals surface area contributed by atoms with E-state index in [1.54, 1.807) is 0 Å². The number of fused-ring (bicyclic) bond motifs is 1. The van der Waals surface area contributed by atoms with Crippen LogP contribution < -0.4 is 11.2 Å². The molecule has 19 heavy (non-hydrogen) atoms. The Balaban J connectivity index is 2.69. The summed E-state index contributed by atoms with van der Waals surface area (Å²) in [6.07, 6.45) is 0.943. The van der Waals surface area contributed by atoms with Crippen LogP contribution >= 0.6 is 11.3 Å². The van der Waals surface area contributed by atoms with Crippen LogP contribution in [0.5, 0.6) is 0 Å². The number of hydrogen-bond donors (Lipinski definition) is 1. The predicted molar refractivity (Wildman–Crippen MR) is 76.1 cm³/mol. The molecule has 0 amide bonds. The lowest BCUT2D eigenvalue weighted by Crippen LogP contribution is -2.35. The van der Waals surface area contributed by atoms with E-state index in [1.807, 2.05) is 13.8 Å². The lowest BCUT2D eigenvalue weighted by Gasteiger charge is -2.03. The van der Waals surface area contributed by atoms with Crippen LogP contribution in [0.15, 0.2) is 9.59 Å². The van der Waals surface area contributed by atoms with Gasteiger partial charge in [-0.1, -0.05) is 6.92 Å². The van der Waals surface area contributed by atoms with Crippen molar-refractivity contribution in [1.82, 2.24) is 9.55 Å². The van der Waals surface area contributed by atoms with Crippen molar-refractivity contribution in [2.75, 3.05) is 0 Å². The second-order valence-corrected chi connectivity index (χ2v) is 5.76. The Morgan fingerprint density at radius 2 is 2.05 bits per heavy atom. The number of rotatable bonds is 4. The summed E-state index contributed by atoms with van der Waals surface area (Å²) in [5.74, 6) is -0.0383. The molecule has 0 atom stereocenters. The fourth-order valence-electron chi connectivity index (χ4n) is 2.18. The quantitative estimate of drug-likeness (QED) is 0.924. The van der Waals surface area contributed by atoms with Gasteiger partial charge in [0.15, 0.2) is 0 Å². The predicted octanol–water partition coefficient (Wildman–Crippen LogP) is 1.60. The highest BCUT2D eigenvalue weighted by molar-refractivity contribution is 7.18. The molecular weight excluding hydrogens is 264 g/mol. The van der Waals surface area contributed by atoms with Crippen molar-refractivity contribution < 1.29 is 4.79 Å². The zero-order valence-corrected chi connectivity index (χ0v) is 12.0. The molecule has 6 heteroatoms. The van der Waals surface area contributed by atoms with Gasteiger partial charge in [0.05, 0.1) is 5.39 Å². The van der Waals surface area contributed by atoms with Gasteiger partial charge in [0.1, 0.15) is 10.6 Å². The van der Waals surface area contributed by atoms with E-state index >= 15 is 0 Å². The van der Waals surface area contributed by atoms with Gasteiger partial charge >= 0.3 is 5.69 Å². The summed E-state index contributed by atoms with van der Waals surface area (Å²) in [6.45, 7) is 5.52. The maximum absolute atomic E-state index is 12.4. The van der Waals surface area contributed by atoms with Gasteiger partial charge < -0.3 is 0 Å². The zero-order chi connectivity index (χ0) is 14.2. The molecule has 2 heterocycles. The van der Waals surface area contributed by atoms with Crippen molar-refractivity contribution in [1.29, 1.82) is 0 Å². The highest BCUT2D eigenvalue weighted by Crippen LogP contribution is 2.26. The molecule has 0 aliphatic rings. The first-order chi connectivity index (χ1) is 8.95. The number of aryl methyl sites for hydroxylation is 2. The third-order valence-corrected chi connectivity index (χ3v) is 4.24. The van der Waals surface area contributed by atoms with Gasteiger partial charge in [-0.15, -0.1) is 11.3 Å². The Morgan fingerprint density at radius 1 is 1.37 bits per heavy atom. The molecule has 0 spiro atoms. The minimum atomic E-state index is -0.442. The van der Waals surface area contributed by atoms with Crippen molar-refractivity contribution in [3.8, 4) is 0 Å². The molecule has 102 valence electrons. The van der Waals surface area contributed by atoms with E-state index < -0.39 is 5.69 Å². The number of thiophene rings is 1. The molecule has 2 aromatic rings. The van der Waals surface area contributed by atoms with Crippen molar-refractivity contribution in [3.63, 3.8) is 0 Å². The van der Waals surface area contributed by atoms with E-state index in [0.29, 0.717) is 10.2 Å². The van der Waals surface area contributed by atoms with E-state index in [0.717, 1.165) is 21.4 Å². The standard InChI is InChI=1S/C13H16N2O3S/c1-4-9-8(3)19-11-10(9)12(17)15(13(18)14-11)6-5-7(2)16/h4-6H2,1-3H3,(H,14,18). The fourth-order valence-corrected chi connectivity index (χ4v) is 3.31. The third-order valence-electron chi connectivity index (χ3n) is 3.17. The Morgan fingerprint density at radius 3 is 2.63 bits per heavy atom. The Hall–Kier alpha value is -1.69. The Kier molecular flexibility index (Phi) is 3.71. The van der Waals surface area contributed by atoms with Gasteiger partial charge in [-0.25, -0.2) is 4.79 Å². The summed E-state index contributed by atoms with van der Waals surface area (Å²) in [5, 5.41) is 0.591. The molecule has 0 unspecified atom stereocenters. The Bertz CT molecular complexity index is 752. The highest BCUT2D eigenvalue weighted by Gasteiger charge is 2.15. The van der Waals surface area contributed by atoms with Gasteiger partial charge in [-0.3, -0.25) is 19.1 Å². The molecule has 1 N–H and O–H groups in total. The van der Waals surface area contributed by atoms with Crippen LogP contribution in [-0.2, 0) is 17.8 Å². The number of hydrogen-bond acceptors (Lipinski definition) is 4. The average molecular weight is 280 g/mol. The van der Waals surface area contributed by atoms with Crippen molar-refractivity contribution in [3.05, 3.63) is 31.3 Å². The number of carbonyl (C=O) groups is 1. The molecule has 0 aliphatic heterocycles. The summed E-state index contributed by atoms with van der Waals surface area (Å²) >= 11 is 1.43. The van der Waals surface area contributed by atoms with E-state index in [1.165, 1.54) is 18.3 Å². The maximum Gasteiger partial charge on any atom is 0.329 e. The van der Waals surface area contributed by atoms with Crippen molar-refractivity contribution >= 4 is 27.3 Å². The number of aromatic nitrogens is 2. The van der Waals surface area contributed by atoms with E-state index in [4.69, 9.17) is 0 Å². The highest BCUT2D eigenvalue weighted by atomic mass is 32.1. The zero-order valence-electron chi connectivity index (χ0n) is 11.2. The van der Waals surface area contributed by atoms with Crippen molar-refractivity contribution in [2.24, 2.45) is 0 Å². The minimum absolute atomic E-state index is 0.0383. The minimum Gasteiger partial charge on any atom is -0.300 e. The first-order valence-corrected chi connectivity index (χ1v) is 7.01. The third kappa shape index (κ3) is 2.40. The number of aromatic amines is 1. The van der Waals surface area contributed by atoms with Crippen LogP contribution in [0.3, 0.4) is 0 Å². The number of nitrogens with zero attached hydrogens (tertiary/aromatic N) is 1. The molecule has 2 rings (SSSR count). The molecule has 0 saturated carbocycles. The van der Waals surface area contributed by atoms with Crippen LogP contribution in [0, 0.1) is 6.92 Å². The second-order valence-electron chi connectivity index (χ2n) is 4.53.